The molecule has 0 aromatic heterocycles. The van der Waals surface area contributed by atoms with Crippen LogP contribution in [0.5, 0.6) is 0 Å². The molecule has 0 aromatic carbocycles. The van der Waals surface area contributed by atoms with Crippen LogP contribution in [0.2, 0.25) is 0 Å². The molecule has 1 nitrogen and oxygen atoms in total. The van der Waals surface area contributed by atoms with E-state index >= 15 is 0 Å². The van der Waals surface area contributed by atoms with Crippen molar-refractivity contribution in [2.75, 3.05) is 6.66 Å². The molecule has 0 heterocycles. The van der Waals surface area contributed by atoms with Gasteiger partial charge in [-0.15, -0.1) is 0 Å². The monoisotopic (exact) mass is 150 g/mol. The summed E-state index contributed by atoms with van der Waals surface area (Å²) in [7, 11) is -1.86. The summed E-state index contributed by atoms with van der Waals surface area (Å²) >= 11 is 0. The first kappa shape index (κ1) is 9.39. The van der Waals surface area contributed by atoms with E-state index in [1.54, 1.807) is 0 Å². The van der Waals surface area contributed by atoms with Crippen LogP contribution in [0.1, 0.15) is 27.7 Å². The standard InChI is InChI=1S/C7H19OP/c1-6(2)9(5,8)7(3)4/h6-9H,1-5H3. The number of rotatable bonds is 2. The molecule has 0 spiro atoms. The molecule has 0 radical (unpaired) electrons. The maximum absolute atomic E-state index is 9.81. The molecule has 0 rings (SSSR count). The van der Waals surface area contributed by atoms with E-state index in [-0.39, 0.29) is 0 Å². The molecule has 0 fully saturated rings. The summed E-state index contributed by atoms with van der Waals surface area (Å²) in [5.74, 6) is 0. The molecule has 2 heteroatoms. The van der Waals surface area contributed by atoms with E-state index in [1.807, 2.05) is 6.66 Å². The van der Waals surface area contributed by atoms with Crippen molar-refractivity contribution in [3.8, 4) is 0 Å². The molecular formula is C7H19OP. The fraction of sp³-hybridized carbons (Fsp3) is 1.00. The van der Waals surface area contributed by atoms with E-state index in [9.17, 15) is 4.89 Å². The van der Waals surface area contributed by atoms with Gasteiger partial charge in [0.15, 0.2) is 0 Å². The molecular weight excluding hydrogens is 131 g/mol. The van der Waals surface area contributed by atoms with Gasteiger partial charge in [0.05, 0.1) is 0 Å². The molecule has 0 unspecified atom stereocenters. The summed E-state index contributed by atoms with van der Waals surface area (Å²) in [6.45, 7) is 10.4. The molecule has 9 heavy (non-hydrogen) atoms. The van der Waals surface area contributed by atoms with Crippen molar-refractivity contribution >= 4 is 7.49 Å². The normalized spacial score (nSPS) is 15.1. The summed E-state index contributed by atoms with van der Waals surface area (Å²) in [6.07, 6.45) is 0. The van der Waals surface area contributed by atoms with Crippen LogP contribution in [0.3, 0.4) is 0 Å². The summed E-state index contributed by atoms with van der Waals surface area (Å²) in [5.41, 5.74) is 0.968. The predicted molar refractivity (Wildman–Crippen MR) is 46.7 cm³/mol. The first-order valence-corrected chi connectivity index (χ1v) is 6.21. The van der Waals surface area contributed by atoms with Crippen LogP contribution in [0, 0.1) is 0 Å². The zero-order valence-electron chi connectivity index (χ0n) is 7.10. The average molecular weight is 150 g/mol. The van der Waals surface area contributed by atoms with Crippen LogP contribution in [0.4, 0.5) is 0 Å². The molecule has 0 amide bonds. The van der Waals surface area contributed by atoms with Crippen LogP contribution in [0.15, 0.2) is 0 Å². The van der Waals surface area contributed by atoms with Gasteiger partial charge in [0.25, 0.3) is 0 Å². The van der Waals surface area contributed by atoms with E-state index in [4.69, 9.17) is 0 Å². The molecule has 0 aliphatic rings. The fourth-order valence-corrected chi connectivity index (χ4v) is 2.00. The molecule has 0 saturated carbocycles. The van der Waals surface area contributed by atoms with Crippen molar-refractivity contribution in [3.63, 3.8) is 0 Å². The zero-order chi connectivity index (χ0) is 7.65. The van der Waals surface area contributed by atoms with Crippen molar-refractivity contribution in [2.45, 2.75) is 39.0 Å². The average Bonchev–Trinajstić information content (AvgIpc) is 1.65. The fourth-order valence-electron chi connectivity index (χ4n) is 0.667. The molecule has 1 N–H and O–H groups in total. The Kier molecular flexibility index (Phi) is 3.11. The number of hydrogen-bond donors (Lipinski definition) is 1. The van der Waals surface area contributed by atoms with Crippen molar-refractivity contribution in [3.05, 3.63) is 0 Å². The summed E-state index contributed by atoms with van der Waals surface area (Å²) in [6, 6.07) is 0. The van der Waals surface area contributed by atoms with Crippen molar-refractivity contribution < 1.29 is 4.89 Å². The Balaban J connectivity index is 4.01. The van der Waals surface area contributed by atoms with Crippen LogP contribution < -0.4 is 0 Å². The van der Waals surface area contributed by atoms with Gasteiger partial charge >= 0.3 is 58.1 Å². The maximum atomic E-state index is 9.81. The second-order valence-electron chi connectivity index (χ2n) is 3.54. The molecule has 0 bridgehead atoms. The van der Waals surface area contributed by atoms with Gasteiger partial charge in [-0.05, 0) is 0 Å². The SMILES string of the molecule is CC(C)[PH](C)(O)C(C)C. The van der Waals surface area contributed by atoms with Crippen LogP contribution in [-0.4, -0.2) is 22.9 Å². The van der Waals surface area contributed by atoms with Gasteiger partial charge in [-0.1, -0.05) is 0 Å². The van der Waals surface area contributed by atoms with Crippen LogP contribution in [0.25, 0.3) is 0 Å². The minimum absolute atomic E-state index is 0.484. The van der Waals surface area contributed by atoms with Crippen LogP contribution in [-0.2, 0) is 0 Å². The van der Waals surface area contributed by atoms with E-state index in [0.717, 1.165) is 0 Å². The second-order valence-corrected chi connectivity index (χ2v) is 8.30. The van der Waals surface area contributed by atoms with Gasteiger partial charge in [0.2, 0.25) is 0 Å². The summed E-state index contributed by atoms with van der Waals surface area (Å²) in [5, 5.41) is 0. The zero-order valence-corrected chi connectivity index (χ0v) is 8.10. The van der Waals surface area contributed by atoms with E-state index in [0.29, 0.717) is 11.3 Å². The number of hydrogen-bond acceptors (Lipinski definition) is 1. The molecule has 0 aliphatic carbocycles. The first-order chi connectivity index (χ1) is 3.89. The quantitative estimate of drug-likeness (QED) is 0.597. The molecule has 0 saturated heterocycles. The Morgan fingerprint density at radius 3 is 1.22 bits per heavy atom. The van der Waals surface area contributed by atoms with E-state index in [2.05, 4.69) is 27.7 Å². The third-order valence-electron chi connectivity index (χ3n) is 2.34. The van der Waals surface area contributed by atoms with Gasteiger partial charge in [-0.2, -0.15) is 0 Å². The van der Waals surface area contributed by atoms with Gasteiger partial charge < -0.3 is 0 Å². The Labute approximate surface area is 58.9 Å². The minimum atomic E-state index is -1.86. The van der Waals surface area contributed by atoms with Crippen molar-refractivity contribution in [1.82, 2.24) is 0 Å². The molecule has 0 atom stereocenters. The third kappa shape index (κ3) is 2.23. The molecule has 0 aromatic rings. The summed E-state index contributed by atoms with van der Waals surface area (Å²) < 4.78 is 0. The molecule has 58 valence electrons. The van der Waals surface area contributed by atoms with Gasteiger partial charge in [0, 0.05) is 0 Å². The topological polar surface area (TPSA) is 20.2 Å². The Morgan fingerprint density at radius 1 is 1.00 bits per heavy atom. The van der Waals surface area contributed by atoms with E-state index in [1.165, 1.54) is 0 Å². The van der Waals surface area contributed by atoms with Gasteiger partial charge in [-0.3, -0.25) is 0 Å². The van der Waals surface area contributed by atoms with Crippen LogP contribution >= 0.6 is 7.49 Å². The summed E-state index contributed by atoms with van der Waals surface area (Å²) in [4.78, 5) is 9.81. The Hall–Kier alpha value is 0.390. The molecule has 0 aliphatic heterocycles. The Morgan fingerprint density at radius 2 is 1.22 bits per heavy atom. The Bertz CT molecular complexity index is 76.9. The second kappa shape index (κ2) is 2.98. The van der Waals surface area contributed by atoms with Crippen molar-refractivity contribution in [1.29, 1.82) is 0 Å². The van der Waals surface area contributed by atoms with E-state index < -0.39 is 7.49 Å². The first-order valence-electron chi connectivity index (χ1n) is 3.61. The van der Waals surface area contributed by atoms with Gasteiger partial charge in [-0.25, -0.2) is 0 Å². The van der Waals surface area contributed by atoms with Crippen molar-refractivity contribution in [2.24, 2.45) is 0 Å². The third-order valence-corrected chi connectivity index (χ3v) is 7.01. The predicted octanol–water partition coefficient (Wildman–Crippen LogP) is 2.09. The van der Waals surface area contributed by atoms with Gasteiger partial charge in [0.1, 0.15) is 0 Å².